The fourth-order valence-corrected chi connectivity index (χ4v) is 4.40. The second-order valence-corrected chi connectivity index (χ2v) is 8.33. The highest BCUT2D eigenvalue weighted by atomic mass is 32.2. The Bertz CT molecular complexity index is 1430. The summed E-state index contributed by atoms with van der Waals surface area (Å²) in [6.45, 7) is 0. The molecule has 0 atom stereocenters. The summed E-state index contributed by atoms with van der Waals surface area (Å²) in [4.78, 5) is 14.3. The lowest BCUT2D eigenvalue weighted by Gasteiger charge is -2.08. The van der Waals surface area contributed by atoms with Gasteiger partial charge in [-0.25, -0.2) is 4.98 Å². The molecule has 0 fully saturated rings. The van der Waals surface area contributed by atoms with E-state index in [0.717, 1.165) is 11.3 Å². The van der Waals surface area contributed by atoms with Crippen LogP contribution in [0.15, 0.2) is 63.7 Å². The number of aromatic nitrogens is 1. The average molecular weight is 429 g/mol. The summed E-state index contributed by atoms with van der Waals surface area (Å²) in [6, 6.07) is 11.6. The van der Waals surface area contributed by atoms with Gasteiger partial charge in [-0.15, -0.1) is 10.2 Å². The van der Waals surface area contributed by atoms with Crippen molar-refractivity contribution in [1.82, 2.24) is 4.98 Å². The molecule has 146 valence electrons. The third-order valence-corrected chi connectivity index (χ3v) is 5.90. The maximum Gasteiger partial charge on any atom is 0.295 e. The van der Waals surface area contributed by atoms with Gasteiger partial charge in [0.25, 0.3) is 15.8 Å². The first-order valence-electron chi connectivity index (χ1n) is 7.99. The first-order chi connectivity index (χ1) is 13.7. The lowest BCUT2D eigenvalue weighted by atomic mass is 10.1. The Morgan fingerprint density at radius 3 is 2.66 bits per heavy atom. The van der Waals surface area contributed by atoms with E-state index in [2.05, 4.69) is 15.2 Å². The minimum absolute atomic E-state index is 0.0492. The molecule has 0 unspecified atom stereocenters. The first-order valence-corrected chi connectivity index (χ1v) is 10.2. The van der Waals surface area contributed by atoms with Crippen LogP contribution in [0.25, 0.3) is 21.0 Å². The summed E-state index contributed by atoms with van der Waals surface area (Å²) >= 11 is 1.13. The van der Waals surface area contributed by atoms with Crippen molar-refractivity contribution in [2.45, 2.75) is 4.90 Å². The van der Waals surface area contributed by atoms with Gasteiger partial charge in [0.15, 0.2) is 0 Å². The van der Waals surface area contributed by atoms with Gasteiger partial charge in [0, 0.05) is 28.6 Å². The SMILES string of the molecule is Nc1ccc(N=Nc2nc3ccc([N+](=O)[O-])cc3s2)c2cccc(S(=O)(=O)O)c12. The topological polar surface area (TPSA) is 161 Å². The molecule has 4 aromatic rings. The van der Waals surface area contributed by atoms with Crippen molar-refractivity contribution in [2.24, 2.45) is 10.2 Å². The number of rotatable bonds is 4. The normalized spacial score (nSPS) is 12.2. The molecule has 0 aliphatic heterocycles. The highest BCUT2D eigenvalue weighted by molar-refractivity contribution is 7.86. The molecular formula is C17H11N5O5S2. The second kappa shape index (κ2) is 6.84. The number of thiazole rings is 1. The van der Waals surface area contributed by atoms with Crippen molar-refractivity contribution < 1.29 is 17.9 Å². The molecule has 0 saturated heterocycles. The van der Waals surface area contributed by atoms with Crippen LogP contribution in [-0.2, 0) is 10.1 Å². The Morgan fingerprint density at radius 2 is 1.93 bits per heavy atom. The molecule has 0 saturated carbocycles. The lowest BCUT2D eigenvalue weighted by molar-refractivity contribution is -0.384. The summed E-state index contributed by atoms with van der Waals surface area (Å²) in [5.74, 6) is 0. The third-order valence-electron chi connectivity index (χ3n) is 4.10. The summed E-state index contributed by atoms with van der Waals surface area (Å²) in [6.07, 6.45) is 0. The van der Waals surface area contributed by atoms with Gasteiger partial charge in [-0.2, -0.15) is 8.42 Å². The van der Waals surface area contributed by atoms with Crippen LogP contribution in [0.2, 0.25) is 0 Å². The molecule has 0 bridgehead atoms. The molecule has 0 amide bonds. The molecule has 3 N–H and O–H groups in total. The maximum atomic E-state index is 11.7. The number of benzene rings is 3. The van der Waals surface area contributed by atoms with Gasteiger partial charge in [-0.05, 0) is 24.3 Å². The number of nitrogens with zero attached hydrogens (tertiary/aromatic N) is 4. The smallest absolute Gasteiger partial charge is 0.295 e. The lowest BCUT2D eigenvalue weighted by Crippen LogP contribution is -2.01. The fourth-order valence-electron chi connectivity index (χ4n) is 2.84. The Hall–Kier alpha value is -3.48. The van der Waals surface area contributed by atoms with Crippen LogP contribution < -0.4 is 5.73 Å². The van der Waals surface area contributed by atoms with Gasteiger partial charge in [0.1, 0.15) is 4.90 Å². The number of hydrogen-bond acceptors (Lipinski definition) is 9. The summed E-state index contributed by atoms with van der Waals surface area (Å²) < 4.78 is 33.4. The van der Waals surface area contributed by atoms with Crippen LogP contribution in [0.1, 0.15) is 0 Å². The number of anilines is 1. The molecule has 29 heavy (non-hydrogen) atoms. The number of fused-ring (bicyclic) bond motifs is 2. The van der Waals surface area contributed by atoms with E-state index in [1.165, 1.54) is 36.4 Å². The summed E-state index contributed by atoms with van der Waals surface area (Å²) in [5, 5.41) is 19.9. The van der Waals surface area contributed by atoms with E-state index in [1.54, 1.807) is 12.1 Å². The number of nitrogens with two attached hydrogens (primary N) is 1. The van der Waals surface area contributed by atoms with Crippen molar-refractivity contribution in [3.8, 4) is 0 Å². The van der Waals surface area contributed by atoms with E-state index >= 15 is 0 Å². The Kier molecular flexibility index (Phi) is 4.45. The zero-order valence-corrected chi connectivity index (χ0v) is 16.0. The molecule has 3 aromatic carbocycles. The molecule has 4 rings (SSSR count). The van der Waals surface area contributed by atoms with E-state index in [1.807, 2.05) is 0 Å². The highest BCUT2D eigenvalue weighted by Gasteiger charge is 2.17. The molecule has 1 heterocycles. The highest BCUT2D eigenvalue weighted by Crippen LogP contribution is 2.37. The van der Waals surface area contributed by atoms with Gasteiger partial charge >= 0.3 is 0 Å². The maximum absolute atomic E-state index is 11.7. The van der Waals surface area contributed by atoms with Gasteiger partial charge in [0.2, 0.25) is 5.13 Å². The number of nitro groups is 1. The van der Waals surface area contributed by atoms with Crippen LogP contribution in [-0.4, -0.2) is 22.9 Å². The van der Waals surface area contributed by atoms with Crippen LogP contribution in [0.5, 0.6) is 0 Å². The number of nitrogen functional groups attached to an aromatic ring is 1. The van der Waals surface area contributed by atoms with Crippen molar-refractivity contribution in [2.75, 3.05) is 5.73 Å². The van der Waals surface area contributed by atoms with E-state index in [4.69, 9.17) is 5.73 Å². The molecule has 1 aromatic heterocycles. The Labute approximate surface area is 167 Å². The van der Waals surface area contributed by atoms with Crippen LogP contribution in [0.3, 0.4) is 0 Å². The van der Waals surface area contributed by atoms with Gasteiger partial charge in [-0.3, -0.25) is 14.7 Å². The first kappa shape index (κ1) is 18.9. The van der Waals surface area contributed by atoms with Gasteiger partial charge in [-0.1, -0.05) is 23.5 Å². The van der Waals surface area contributed by atoms with Crippen molar-refractivity contribution >= 4 is 64.6 Å². The Balaban J connectivity index is 1.80. The van der Waals surface area contributed by atoms with Gasteiger partial charge in [0.05, 0.1) is 20.8 Å². The third kappa shape index (κ3) is 3.51. The molecular weight excluding hydrogens is 418 g/mol. The van der Waals surface area contributed by atoms with Crippen LogP contribution >= 0.6 is 11.3 Å². The van der Waals surface area contributed by atoms with E-state index in [9.17, 15) is 23.1 Å². The number of nitro benzene ring substituents is 1. The predicted molar refractivity (Wildman–Crippen MR) is 109 cm³/mol. The van der Waals surface area contributed by atoms with Crippen molar-refractivity contribution in [1.29, 1.82) is 0 Å². The van der Waals surface area contributed by atoms with E-state index < -0.39 is 15.0 Å². The van der Waals surface area contributed by atoms with Crippen molar-refractivity contribution in [3.63, 3.8) is 0 Å². The largest absolute Gasteiger partial charge is 0.398 e. The molecule has 0 radical (unpaired) electrons. The fraction of sp³-hybridized carbons (Fsp3) is 0. The number of hydrogen-bond donors (Lipinski definition) is 2. The quantitative estimate of drug-likeness (QED) is 0.157. The second-order valence-electron chi connectivity index (χ2n) is 5.93. The summed E-state index contributed by atoms with van der Waals surface area (Å²) in [7, 11) is -4.48. The molecule has 0 aliphatic carbocycles. The van der Waals surface area contributed by atoms with Crippen molar-refractivity contribution in [3.05, 3.63) is 58.6 Å². The monoisotopic (exact) mass is 429 g/mol. The molecule has 0 spiro atoms. The predicted octanol–water partition coefficient (Wildman–Crippen LogP) is 4.60. The Morgan fingerprint density at radius 1 is 1.14 bits per heavy atom. The minimum atomic E-state index is -4.48. The number of non-ortho nitro benzene ring substituents is 1. The summed E-state index contributed by atoms with van der Waals surface area (Å²) in [5.41, 5.74) is 6.89. The number of azo groups is 1. The molecule has 10 nitrogen and oxygen atoms in total. The molecule has 12 heteroatoms. The van der Waals surface area contributed by atoms with Crippen LogP contribution in [0.4, 0.5) is 22.2 Å². The minimum Gasteiger partial charge on any atom is -0.398 e. The zero-order chi connectivity index (χ0) is 20.8. The van der Waals surface area contributed by atoms with Gasteiger partial charge < -0.3 is 5.73 Å². The standard InChI is InChI=1S/C17H11N5O5S2/c18-11-5-7-12(10-2-1-3-15(16(10)11)29(25,26)27)20-21-17-19-13-6-4-9(22(23)24)8-14(13)28-17/h1-8H,18H2,(H,25,26,27). The molecule has 0 aliphatic rings. The van der Waals surface area contributed by atoms with E-state index in [0.29, 0.717) is 21.3 Å². The zero-order valence-electron chi connectivity index (χ0n) is 14.4. The average Bonchev–Trinajstić information content (AvgIpc) is 3.08. The van der Waals surface area contributed by atoms with Crippen LogP contribution in [0, 0.1) is 10.1 Å². The van der Waals surface area contributed by atoms with E-state index in [-0.39, 0.29) is 26.8 Å².